The van der Waals surface area contributed by atoms with Crippen LogP contribution < -0.4 is 10.1 Å². The average Bonchev–Trinajstić information content (AvgIpc) is 3.09. The average molecular weight is 346 g/mol. The molecule has 4 nitrogen and oxygen atoms in total. The van der Waals surface area contributed by atoms with E-state index in [2.05, 4.69) is 17.2 Å². The van der Waals surface area contributed by atoms with Crippen molar-refractivity contribution in [3.63, 3.8) is 0 Å². The van der Waals surface area contributed by atoms with Crippen LogP contribution in [0, 0.1) is 6.92 Å². The van der Waals surface area contributed by atoms with Gasteiger partial charge in [-0.2, -0.15) is 0 Å². The van der Waals surface area contributed by atoms with E-state index in [-0.39, 0.29) is 5.91 Å². The molecule has 0 radical (unpaired) electrons. The Hall–Kier alpha value is -1.92. The standard InChI is InChI=1S/C17H18N2O2S2/c1-4-11-8-15(22-10(11)3)16(20)19-17-18-13-7-6-12(21-5-2)9-14(13)23-17/h6-9H,4-5H2,1-3H3,(H,18,19,20). The van der Waals surface area contributed by atoms with Crippen molar-refractivity contribution in [3.05, 3.63) is 39.6 Å². The molecule has 0 saturated carbocycles. The van der Waals surface area contributed by atoms with Crippen LogP contribution in [0.1, 0.15) is 34.0 Å². The molecule has 0 spiro atoms. The summed E-state index contributed by atoms with van der Waals surface area (Å²) in [5.74, 6) is 0.727. The summed E-state index contributed by atoms with van der Waals surface area (Å²) < 4.78 is 6.50. The minimum Gasteiger partial charge on any atom is -0.494 e. The minimum atomic E-state index is -0.0955. The Bertz CT molecular complexity index is 852. The highest BCUT2D eigenvalue weighted by molar-refractivity contribution is 7.22. The van der Waals surface area contributed by atoms with Crippen LogP contribution >= 0.6 is 22.7 Å². The molecule has 0 aliphatic heterocycles. The normalized spacial score (nSPS) is 10.9. The molecule has 0 unspecified atom stereocenters. The van der Waals surface area contributed by atoms with E-state index in [1.54, 1.807) is 0 Å². The SMILES string of the molecule is CCOc1ccc2nc(NC(=O)c3cc(CC)c(C)s3)sc2c1. The van der Waals surface area contributed by atoms with E-state index >= 15 is 0 Å². The number of rotatable bonds is 5. The molecule has 0 fully saturated rings. The van der Waals surface area contributed by atoms with Gasteiger partial charge in [-0.25, -0.2) is 4.98 Å². The first-order valence-electron chi connectivity index (χ1n) is 7.54. The van der Waals surface area contributed by atoms with E-state index in [1.165, 1.54) is 33.1 Å². The minimum absolute atomic E-state index is 0.0955. The number of amides is 1. The monoisotopic (exact) mass is 346 g/mol. The second-order valence-corrected chi connectivity index (χ2v) is 7.37. The van der Waals surface area contributed by atoms with E-state index < -0.39 is 0 Å². The number of carbonyl (C=O) groups is 1. The number of carbonyl (C=O) groups excluding carboxylic acids is 1. The van der Waals surface area contributed by atoms with Crippen molar-refractivity contribution in [3.8, 4) is 5.75 Å². The fourth-order valence-electron chi connectivity index (χ4n) is 2.36. The Kier molecular flexibility index (Phi) is 4.63. The number of aromatic nitrogens is 1. The Labute approximate surface area is 143 Å². The van der Waals surface area contributed by atoms with Crippen LogP contribution in [0.25, 0.3) is 10.2 Å². The third-order valence-electron chi connectivity index (χ3n) is 3.52. The van der Waals surface area contributed by atoms with Gasteiger partial charge in [0.2, 0.25) is 0 Å². The molecule has 0 saturated heterocycles. The van der Waals surface area contributed by atoms with Crippen molar-refractivity contribution in [2.45, 2.75) is 27.2 Å². The fraction of sp³-hybridized carbons (Fsp3) is 0.294. The highest BCUT2D eigenvalue weighted by Gasteiger charge is 2.14. The van der Waals surface area contributed by atoms with Crippen molar-refractivity contribution in [1.82, 2.24) is 4.98 Å². The van der Waals surface area contributed by atoms with Crippen LogP contribution in [-0.4, -0.2) is 17.5 Å². The third kappa shape index (κ3) is 3.38. The van der Waals surface area contributed by atoms with Crippen LogP contribution in [0.15, 0.2) is 24.3 Å². The maximum atomic E-state index is 12.4. The molecule has 0 atom stereocenters. The molecule has 0 aliphatic rings. The highest BCUT2D eigenvalue weighted by Crippen LogP contribution is 2.30. The van der Waals surface area contributed by atoms with Crippen LogP contribution in [-0.2, 0) is 6.42 Å². The van der Waals surface area contributed by atoms with Gasteiger partial charge < -0.3 is 4.74 Å². The molecule has 6 heteroatoms. The lowest BCUT2D eigenvalue weighted by atomic mass is 10.2. The molecular weight excluding hydrogens is 328 g/mol. The van der Waals surface area contributed by atoms with E-state index in [4.69, 9.17) is 4.74 Å². The van der Waals surface area contributed by atoms with Gasteiger partial charge in [-0.05, 0) is 50.1 Å². The zero-order valence-electron chi connectivity index (χ0n) is 13.3. The third-order valence-corrected chi connectivity index (χ3v) is 5.54. The Morgan fingerprint density at radius 1 is 1.26 bits per heavy atom. The van der Waals surface area contributed by atoms with Crippen molar-refractivity contribution >= 4 is 43.9 Å². The van der Waals surface area contributed by atoms with Gasteiger partial charge in [0.1, 0.15) is 5.75 Å². The molecule has 3 rings (SSSR count). The summed E-state index contributed by atoms with van der Waals surface area (Å²) in [5, 5.41) is 3.52. The van der Waals surface area contributed by atoms with Crippen molar-refractivity contribution in [2.24, 2.45) is 0 Å². The van der Waals surface area contributed by atoms with Crippen molar-refractivity contribution in [1.29, 1.82) is 0 Å². The number of nitrogens with zero attached hydrogens (tertiary/aromatic N) is 1. The number of aryl methyl sites for hydroxylation is 2. The maximum absolute atomic E-state index is 12.4. The molecule has 3 aromatic rings. The molecule has 2 heterocycles. The predicted octanol–water partition coefficient (Wildman–Crippen LogP) is 4.88. The Morgan fingerprint density at radius 2 is 2.09 bits per heavy atom. The Morgan fingerprint density at radius 3 is 2.78 bits per heavy atom. The number of benzene rings is 1. The van der Waals surface area contributed by atoms with Crippen LogP contribution in [0.4, 0.5) is 5.13 Å². The van der Waals surface area contributed by atoms with Crippen LogP contribution in [0.2, 0.25) is 0 Å². The summed E-state index contributed by atoms with van der Waals surface area (Å²) in [6.45, 7) is 6.73. The molecule has 0 bridgehead atoms. The van der Waals surface area contributed by atoms with Gasteiger partial charge in [-0.3, -0.25) is 10.1 Å². The van der Waals surface area contributed by atoms with Gasteiger partial charge in [0.25, 0.3) is 5.91 Å². The summed E-state index contributed by atoms with van der Waals surface area (Å²) in [6.07, 6.45) is 0.941. The van der Waals surface area contributed by atoms with Crippen molar-refractivity contribution < 1.29 is 9.53 Å². The summed E-state index contributed by atoms with van der Waals surface area (Å²) in [6, 6.07) is 7.73. The molecule has 1 aromatic carbocycles. The fourth-order valence-corrected chi connectivity index (χ4v) is 4.25. The van der Waals surface area contributed by atoms with Gasteiger partial charge >= 0.3 is 0 Å². The predicted molar refractivity (Wildman–Crippen MR) is 97.2 cm³/mol. The zero-order valence-corrected chi connectivity index (χ0v) is 14.9. The number of ether oxygens (including phenoxy) is 1. The molecule has 120 valence electrons. The number of anilines is 1. The summed E-state index contributed by atoms with van der Waals surface area (Å²) in [5.41, 5.74) is 2.09. The van der Waals surface area contributed by atoms with Crippen molar-refractivity contribution in [2.75, 3.05) is 11.9 Å². The number of fused-ring (bicyclic) bond motifs is 1. The lowest BCUT2D eigenvalue weighted by molar-refractivity contribution is 0.103. The molecule has 1 N–H and O–H groups in total. The molecule has 1 amide bonds. The Balaban J connectivity index is 1.81. The number of nitrogens with one attached hydrogen (secondary N) is 1. The zero-order chi connectivity index (χ0) is 16.4. The number of thiazole rings is 1. The number of thiophene rings is 1. The van der Waals surface area contributed by atoms with Gasteiger partial charge in [0.15, 0.2) is 5.13 Å². The quantitative estimate of drug-likeness (QED) is 0.716. The van der Waals surface area contributed by atoms with Gasteiger partial charge in [-0.15, -0.1) is 11.3 Å². The van der Waals surface area contributed by atoms with Crippen LogP contribution in [0.3, 0.4) is 0 Å². The van der Waals surface area contributed by atoms with E-state index in [0.29, 0.717) is 11.7 Å². The smallest absolute Gasteiger partial charge is 0.267 e. The first kappa shape index (κ1) is 16.0. The molecule has 0 aliphatic carbocycles. The van der Waals surface area contributed by atoms with Crippen LogP contribution in [0.5, 0.6) is 5.75 Å². The van der Waals surface area contributed by atoms with Gasteiger partial charge in [-0.1, -0.05) is 18.3 Å². The largest absolute Gasteiger partial charge is 0.494 e. The first-order chi connectivity index (χ1) is 11.1. The number of hydrogen-bond donors (Lipinski definition) is 1. The van der Waals surface area contributed by atoms with Gasteiger partial charge in [0.05, 0.1) is 21.7 Å². The highest BCUT2D eigenvalue weighted by atomic mass is 32.1. The lowest BCUT2D eigenvalue weighted by Gasteiger charge is -2.00. The number of hydrogen-bond acceptors (Lipinski definition) is 5. The maximum Gasteiger partial charge on any atom is 0.267 e. The molecular formula is C17H18N2O2S2. The summed E-state index contributed by atoms with van der Waals surface area (Å²) >= 11 is 2.99. The second-order valence-electron chi connectivity index (χ2n) is 5.08. The molecule has 2 aromatic heterocycles. The second kappa shape index (κ2) is 6.68. The molecule has 23 heavy (non-hydrogen) atoms. The van der Waals surface area contributed by atoms with E-state index in [1.807, 2.05) is 38.1 Å². The first-order valence-corrected chi connectivity index (χ1v) is 9.18. The van der Waals surface area contributed by atoms with Gasteiger partial charge in [0, 0.05) is 4.88 Å². The van der Waals surface area contributed by atoms with E-state index in [0.717, 1.165) is 27.3 Å². The summed E-state index contributed by atoms with van der Waals surface area (Å²) in [4.78, 5) is 18.8. The summed E-state index contributed by atoms with van der Waals surface area (Å²) in [7, 11) is 0. The lowest BCUT2D eigenvalue weighted by Crippen LogP contribution is -2.09. The topological polar surface area (TPSA) is 51.2 Å². The van der Waals surface area contributed by atoms with E-state index in [9.17, 15) is 4.79 Å².